The zero-order chi connectivity index (χ0) is 13.4. The number of hydrogen-bond donors (Lipinski definition) is 1. The van der Waals surface area contributed by atoms with Gasteiger partial charge in [0.15, 0.2) is 0 Å². The minimum Gasteiger partial charge on any atom is -0.372 e. The maximum absolute atomic E-state index is 6.30. The van der Waals surface area contributed by atoms with Gasteiger partial charge in [0.1, 0.15) is 0 Å². The Morgan fingerprint density at radius 2 is 1.68 bits per heavy atom. The maximum atomic E-state index is 6.30. The van der Waals surface area contributed by atoms with E-state index < -0.39 is 0 Å². The molecule has 0 saturated heterocycles. The van der Waals surface area contributed by atoms with Crippen LogP contribution in [0.5, 0.6) is 0 Å². The van der Waals surface area contributed by atoms with E-state index in [1.165, 1.54) is 11.1 Å². The molecule has 98 valence electrons. The van der Waals surface area contributed by atoms with Gasteiger partial charge >= 0.3 is 0 Å². The van der Waals surface area contributed by atoms with E-state index in [1.807, 2.05) is 12.1 Å². The number of ether oxygens (including phenoxy) is 1. The Kier molecular flexibility index (Phi) is 3.50. The first kappa shape index (κ1) is 12.9. The molecule has 0 aromatic heterocycles. The molecule has 2 aromatic carbocycles. The molecule has 0 spiro atoms. The SMILES string of the molecule is NC(c1ccc2c(c1)COC2)c1c(Cl)cccc1Cl. The van der Waals surface area contributed by atoms with E-state index in [0.29, 0.717) is 23.3 Å². The van der Waals surface area contributed by atoms with Crippen LogP contribution in [-0.4, -0.2) is 0 Å². The van der Waals surface area contributed by atoms with Crippen LogP contribution in [0.4, 0.5) is 0 Å². The average molecular weight is 294 g/mol. The molecule has 4 heteroatoms. The zero-order valence-corrected chi connectivity index (χ0v) is 11.7. The minimum atomic E-state index is -0.327. The van der Waals surface area contributed by atoms with Crippen molar-refractivity contribution in [2.45, 2.75) is 19.3 Å². The van der Waals surface area contributed by atoms with E-state index in [1.54, 1.807) is 12.1 Å². The lowest BCUT2D eigenvalue weighted by atomic mass is 9.96. The van der Waals surface area contributed by atoms with Gasteiger partial charge in [-0.15, -0.1) is 0 Å². The van der Waals surface area contributed by atoms with Gasteiger partial charge in [-0.25, -0.2) is 0 Å². The Balaban J connectivity index is 2.02. The Labute approximate surface area is 122 Å². The van der Waals surface area contributed by atoms with Gasteiger partial charge in [0.2, 0.25) is 0 Å². The topological polar surface area (TPSA) is 35.2 Å². The summed E-state index contributed by atoms with van der Waals surface area (Å²) in [4.78, 5) is 0. The van der Waals surface area contributed by atoms with Crippen molar-refractivity contribution >= 4 is 23.2 Å². The molecular formula is C15H13Cl2NO. The van der Waals surface area contributed by atoms with Crippen molar-refractivity contribution in [1.82, 2.24) is 0 Å². The second kappa shape index (κ2) is 5.14. The third-order valence-corrected chi connectivity index (χ3v) is 4.07. The van der Waals surface area contributed by atoms with Gasteiger partial charge in [-0.3, -0.25) is 0 Å². The third-order valence-electron chi connectivity index (χ3n) is 3.42. The smallest absolute Gasteiger partial charge is 0.0725 e. The van der Waals surface area contributed by atoms with E-state index in [2.05, 4.69) is 12.1 Å². The molecular weight excluding hydrogens is 281 g/mol. The maximum Gasteiger partial charge on any atom is 0.0725 e. The molecule has 2 nitrogen and oxygen atoms in total. The fourth-order valence-electron chi connectivity index (χ4n) is 2.36. The fourth-order valence-corrected chi connectivity index (χ4v) is 2.99. The highest BCUT2D eigenvalue weighted by molar-refractivity contribution is 6.36. The first-order chi connectivity index (χ1) is 9.16. The first-order valence-electron chi connectivity index (χ1n) is 6.06. The number of halogens is 2. The lowest BCUT2D eigenvalue weighted by Gasteiger charge is -2.16. The van der Waals surface area contributed by atoms with Crippen molar-refractivity contribution in [3.8, 4) is 0 Å². The molecule has 2 aromatic rings. The average Bonchev–Trinajstić information content (AvgIpc) is 2.85. The summed E-state index contributed by atoms with van der Waals surface area (Å²) in [5.74, 6) is 0. The minimum absolute atomic E-state index is 0.327. The predicted octanol–water partition coefficient (Wildman–Crippen LogP) is 4.07. The van der Waals surface area contributed by atoms with E-state index >= 15 is 0 Å². The van der Waals surface area contributed by atoms with Gasteiger partial charge in [-0.1, -0.05) is 47.5 Å². The molecule has 1 heterocycles. The standard InChI is InChI=1S/C15H13Cl2NO/c16-12-2-1-3-13(17)14(12)15(18)9-4-5-10-7-19-8-11(10)6-9/h1-6,15H,7-8,18H2. The summed E-state index contributed by atoms with van der Waals surface area (Å²) in [5, 5.41) is 1.19. The zero-order valence-electron chi connectivity index (χ0n) is 10.2. The number of benzene rings is 2. The van der Waals surface area contributed by atoms with Gasteiger partial charge in [0.25, 0.3) is 0 Å². The summed E-state index contributed by atoms with van der Waals surface area (Å²) in [6, 6.07) is 11.2. The summed E-state index contributed by atoms with van der Waals surface area (Å²) in [6.45, 7) is 1.32. The number of fused-ring (bicyclic) bond motifs is 1. The van der Waals surface area contributed by atoms with Crippen molar-refractivity contribution in [2.75, 3.05) is 0 Å². The van der Waals surface area contributed by atoms with E-state index in [-0.39, 0.29) is 6.04 Å². The van der Waals surface area contributed by atoms with Crippen LogP contribution in [0, 0.1) is 0 Å². The highest BCUT2D eigenvalue weighted by Crippen LogP contribution is 2.34. The molecule has 0 aliphatic carbocycles. The van der Waals surface area contributed by atoms with Crippen LogP contribution >= 0.6 is 23.2 Å². The molecule has 0 bridgehead atoms. The lowest BCUT2D eigenvalue weighted by Crippen LogP contribution is -2.13. The number of rotatable bonds is 2. The molecule has 1 aliphatic rings. The Hall–Kier alpha value is -1.06. The van der Waals surface area contributed by atoms with Crippen LogP contribution in [0.3, 0.4) is 0 Å². The summed E-state index contributed by atoms with van der Waals surface area (Å²) in [6.07, 6.45) is 0. The molecule has 0 saturated carbocycles. The molecule has 0 fully saturated rings. The van der Waals surface area contributed by atoms with Gasteiger partial charge in [-0.2, -0.15) is 0 Å². The van der Waals surface area contributed by atoms with Crippen molar-refractivity contribution in [3.05, 3.63) is 68.7 Å². The second-order valence-corrected chi connectivity index (χ2v) is 5.45. The van der Waals surface area contributed by atoms with Gasteiger partial charge in [-0.05, 0) is 28.8 Å². The highest BCUT2D eigenvalue weighted by Gasteiger charge is 2.18. The normalized spacial score (nSPS) is 15.3. The summed E-state index contributed by atoms with van der Waals surface area (Å²) < 4.78 is 5.41. The largest absolute Gasteiger partial charge is 0.372 e. The quantitative estimate of drug-likeness (QED) is 0.906. The molecule has 2 N–H and O–H groups in total. The van der Waals surface area contributed by atoms with E-state index in [0.717, 1.165) is 11.1 Å². The van der Waals surface area contributed by atoms with Crippen LogP contribution in [0.15, 0.2) is 36.4 Å². The summed E-state index contributed by atoms with van der Waals surface area (Å²) >= 11 is 12.4. The lowest BCUT2D eigenvalue weighted by molar-refractivity contribution is 0.134. The van der Waals surface area contributed by atoms with Gasteiger partial charge in [0, 0.05) is 15.6 Å². The first-order valence-corrected chi connectivity index (χ1v) is 6.81. The number of nitrogens with two attached hydrogens (primary N) is 1. The molecule has 1 unspecified atom stereocenters. The van der Waals surface area contributed by atoms with Crippen molar-refractivity contribution < 1.29 is 4.74 Å². The van der Waals surface area contributed by atoms with Gasteiger partial charge < -0.3 is 10.5 Å². The Morgan fingerprint density at radius 3 is 2.42 bits per heavy atom. The summed E-state index contributed by atoms with van der Waals surface area (Å²) in [5.41, 5.74) is 10.5. The van der Waals surface area contributed by atoms with Crippen molar-refractivity contribution in [3.63, 3.8) is 0 Å². The van der Waals surface area contributed by atoms with Crippen LogP contribution in [0.25, 0.3) is 0 Å². The summed E-state index contributed by atoms with van der Waals surface area (Å²) in [7, 11) is 0. The van der Waals surface area contributed by atoms with Crippen LogP contribution < -0.4 is 5.73 Å². The molecule has 0 amide bonds. The highest BCUT2D eigenvalue weighted by atomic mass is 35.5. The molecule has 3 rings (SSSR count). The Bertz CT molecular complexity index is 607. The van der Waals surface area contributed by atoms with E-state index in [9.17, 15) is 0 Å². The second-order valence-electron chi connectivity index (χ2n) is 4.63. The van der Waals surface area contributed by atoms with Crippen LogP contribution in [-0.2, 0) is 18.0 Å². The number of hydrogen-bond acceptors (Lipinski definition) is 2. The van der Waals surface area contributed by atoms with Crippen molar-refractivity contribution in [2.24, 2.45) is 5.73 Å². The predicted molar refractivity (Wildman–Crippen MR) is 77.4 cm³/mol. The fraction of sp³-hybridized carbons (Fsp3) is 0.200. The molecule has 0 radical (unpaired) electrons. The molecule has 19 heavy (non-hydrogen) atoms. The monoisotopic (exact) mass is 293 g/mol. The van der Waals surface area contributed by atoms with Crippen molar-refractivity contribution in [1.29, 1.82) is 0 Å². The van der Waals surface area contributed by atoms with Crippen LogP contribution in [0.2, 0.25) is 10.0 Å². The van der Waals surface area contributed by atoms with E-state index in [4.69, 9.17) is 33.7 Å². The van der Waals surface area contributed by atoms with Crippen LogP contribution in [0.1, 0.15) is 28.3 Å². The molecule has 1 aliphatic heterocycles. The molecule has 1 atom stereocenters. The van der Waals surface area contributed by atoms with Gasteiger partial charge in [0.05, 0.1) is 19.3 Å². The third kappa shape index (κ3) is 2.37. The Morgan fingerprint density at radius 1 is 1.00 bits per heavy atom.